The molecule has 0 saturated heterocycles. The molecule has 0 atom stereocenters. The van der Waals surface area contributed by atoms with Gasteiger partial charge in [-0.2, -0.15) is 0 Å². The SMILES string of the molecule is CCCS(=O)(=O)c1ccccc1NCC(C)(C)C(N)=O. The Labute approximate surface area is 120 Å². The number of sulfone groups is 1. The number of benzene rings is 1. The van der Waals surface area contributed by atoms with Gasteiger partial charge in [-0.25, -0.2) is 8.42 Å². The highest BCUT2D eigenvalue weighted by Gasteiger charge is 2.25. The predicted molar refractivity (Wildman–Crippen MR) is 80.3 cm³/mol. The summed E-state index contributed by atoms with van der Waals surface area (Å²) in [6, 6.07) is 6.71. The maximum Gasteiger partial charge on any atom is 0.224 e. The maximum atomic E-state index is 12.2. The van der Waals surface area contributed by atoms with Crippen molar-refractivity contribution in [1.82, 2.24) is 0 Å². The fraction of sp³-hybridized carbons (Fsp3) is 0.500. The van der Waals surface area contributed by atoms with Gasteiger partial charge in [-0.05, 0) is 32.4 Å². The number of anilines is 1. The van der Waals surface area contributed by atoms with E-state index in [1.54, 1.807) is 38.1 Å². The van der Waals surface area contributed by atoms with Crippen LogP contribution in [0, 0.1) is 5.41 Å². The van der Waals surface area contributed by atoms with Crippen LogP contribution < -0.4 is 11.1 Å². The van der Waals surface area contributed by atoms with Crippen LogP contribution in [0.15, 0.2) is 29.2 Å². The van der Waals surface area contributed by atoms with Gasteiger partial charge in [0.15, 0.2) is 9.84 Å². The van der Waals surface area contributed by atoms with Crippen LogP contribution in [-0.4, -0.2) is 26.6 Å². The molecule has 0 bridgehead atoms. The average molecular weight is 298 g/mol. The molecule has 0 unspecified atom stereocenters. The Morgan fingerprint density at radius 2 is 1.90 bits per heavy atom. The van der Waals surface area contributed by atoms with E-state index < -0.39 is 21.2 Å². The molecule has 5 nitrogen and oxygen atoms in total. The lowest BCUT2D eigenvalue weighted by atomic mass is 9.93. The molecule has 0 aromatic heterocycles. The highest BCUT2D eigenvalue weighted by Crippen LogP contribution is 2.24. The second-order valence-corrected chi connectivity index (χ2v) is 7.49. The van der Waals surface area contributed by atoms with Crippen molar-refractivity contribution in [2.75, 3.05) is 17.6 Å². The van der Waals surface area contributed by atoms with Crippen molar-refractivity contribution in [3.63, 3.8) is 0 Å². The van der Waals surface area contributed by atoms with Gasteiger partial charge in [0.1, 0.15) is 0 Å². The van der Waals surface area contributed by atoms with E-state index in [1.807, 2.05) is 6.92 Å². The molecule has 3 N–H and O–H groups in total. The molecule has 1 aromatic carbocycles. The fourth-order valence-electron chi connectivity index (χ4n) is 1.67. The molecule has 0 saturated carbocycles. The first-order chi connectivity index (χ1) is 9.20. The Bertz CT molecular complexity index is 580. The quantitative estimate of drug-likeness (QED) is 0.803. The van der Waals surface area contributed by atoms with Crippen LogP contribution in [0.4, 0.5) is 5.69 Å². The minimum absolute atomic E-state index is 0.102. The third-order valence-electron chi connectivity index (χ3n) is 3.08. The minimum atomic E-state index is -3.31. The molecule has 0 heterocycles. The topological polar surface area (TPSA) is 89.3 Å². The van der Waals surface area contributed by atoms with Gasteiger partial charge in [0.25, 0.3) is 0 Å². The Morgan fingerprint density at radius 1 is 1.30 bits per heavy atom. The fourth-order valence-corrected chi connectivity index (χ4v) is 3.18. The molecule has 0 radical (unpaired) electrons. The molecule has 1 rings (SSSR count). The second kappa shape index (κ2) is 6.26. The van der Waals surface area contributed by atoms with Crippen molar-refractivity contribution in [3.8, 4) is 0 Å². The third-order valence-corrected chi connectivity index (χ3v) is 5.05. The minimum Gasteiger partial charge on any atom is -0.383 e. The van der Waals surface area contributed by atoms with Crippen LogP contribution >= 0.6 is 0 Å². The third kappa shape index (κ3) is 3.96. The Balaban J connectivity index is 3.01. The number of rotatable bonds is 7. The molecule has 112 valence electrons. The van der Waals surface area contributed by atoms with Crippen LogP contribution in [0.1, 0.15) is 27.2 Å². The highest BCUT2D eigenvalue weighted by atomic mass is 32.2. The molecule has 0 fully saturated rings. The summed E-state index contributed by atoms with van der Waals surface area (Å²) in [5.74, 6) is -0.329. The van der Waals surface area contributed by atoms with Crippen LogP contribution in [0.25, 0.3) is 0 Å². The number of hydrogen-bond donors (Lipinski definition) is 2. The smallest absolute Gasteiger partial charge is 0.224 e. The molecule has 1 aromatic rings. The van der Waals surface area contributed by atoms with Crippen molar-refractivity contribution < 1.29 is 13.2 Å². The molecule has 0 aliphatic heterocycles. The second-order valence-electron chi connectivity index (χ2n) is 5.42. The zero-order valence-corrected chi connectivity index (χ0v) is 13.0. The van der Waals surface area contributed by atoms with Crippen LogP contribution in [0.3, 0.4) is 0 Å². The normalized spacial score (nSPS) is 12.2. The van der Waals surface area contributed by atoms with Crippen molar-refractivity contribution in [1.29, 1.82) is 0 Å². The summed E-state index contributed by atoms with van der Waals surface area (Å²) in [6.07, 6.45) is 0.559. The van der Waals surface area contributed by atoms with E-state index in [0.717, 1.165) is 0 Å². The van der Waals surface area contributed by atoms with E-state index in [4.69, 9.17) is 5.73 Å². The van der Waals surface area contributed by atoms with E-state index in [1.165, 1.54) is 0 Å². The Morgan fingerprint density at radius 3 is 2.45 bits per heavy atom. The first-order valence-electron chi connectivity index (χ1n) is 6.56. The van der Waals surface area contributed by atoms with Crippen molar-refractivity contribution in [2.24, 2.45) is 11.1 Å². The van der Waals surface area contributed by atoms with Gasteiger partial charge in [0.05, 0.1) is 21.8 Å². The summed E-state index contributed by atoms with van der Waals surface area (Å²) in [7, 11) is -3.31. The Kier molecular flexibility index (Phi) is 5.16. The van der Waals surface area contributed by atoms with Gasteiger partial charge in [0.2, 0.25) is 5.91 Å². The number of amides is 1. The predicted octanol–water partition coefficient (Wildman–Crippen LogP) is 1.79. The van der Waals surface area contributed by atoms with E-state index in [2.05, 4.69) is 5.32 Å². The number of nitrogens with two attached hydrogens (primary N) is 1. The van der Waals surface area contributed by atoms with E-state index in [9.17, 15) is 13.2 Å². The first kappa shape index (κ1) is 16.5. The molecule has 0 aliphatic rings. The number of nitrogens with one attached hydrogen (secondary N) is 1. The highest BCUT2D eigenvalue weighted by molar-refractivity contribution is 7.91. The van der Waals surface area contributed by atoms with Gasteiger partial charge in [-0.1, -0.05) is 19.1 Å². The van der Waals surface area contributed by atoms with Gasteiger partial charge in [-0.15, -0.1) is 0 Å². The van der Waals surface area contributed by atoms with Gasteiger partial charge < -0.3 is 11.1 Å². The lowest BCUT2D eigenvalue weighted by Gasteiger charge is -2.22. The molecule has 1 amide bonds. The lowest BCUT2D eigenvalue weighted by molar-refractivity contribution is -0.125. The van der Waals surface area contributed by atoms with E-state index in [0.29, 0.717) is 12.1 Å². The van der Waals surface area contributed by atoms with Crippen LogP contribution in [0.5, 0.6) is 0 Å². The van der Waals surface area contributed by atoms with E-state index in [-0.39, 0.29) is 17.2 Å². The van der Waals surface area contributed by atoms with E-state index >= 15 is 0 Å². The number of hydrogen-bond acceptors (Lipinski definition) is 4. The molecular formula is C14H22N2O3S. The first-order valence-corrected chi connectivity index (χ1v) is 8.21. The summed E-state index contributed by atoms with van der Waals surface area (Å²) in [6.45, 7) is 5.53. The molecule has 0 aliphatic carbocycles. The van der Waals surface area contributed by atoms with Crippen molar-refractivity contribution >= 4 is 21.4 Å². The summed E-state index contributed by atoms with van der Waals surface area (Å²) in [4.78, 5) is 11.6. The summed E-state index contributed by atoms with van der Waals surface area (Å²) in [5, 5.41) is 3.02. The monoisotopic (exact) mass is 298 g/mol. The molecule has 0 spiro atoms. The van der Waals surface area contributed by atoms with Gasteiger partial charge in [0, 0.05) is 6.54 Å². The zero-order valence-electron chi connectivity index (χ0n) is 12.1. The zero-order chi connectivity index (χ0) is 15.4. The lowest BCUT2D eigenvalue weighted by Crippen LogP contribution is -2.37. The molecular weight excluding hydrogens is 276 g/mol. The van der Waals surface area contributed by atoms with Crippen LogP contribution in [0.2, 0.25) is 0 Å². The van der Waals surface area contributed by atoms with Gasteiger partial charge >= 0.3 is 0 Å². The summed E-state index contributed by atoms with van der Waals surface area (Å²) in [5.41, 5.74) is 5.07. The maximum absolute atomic E-state index is 12.2. The van der Waals surface area contributed by atoms with Crippen molar-refractivity contribution in [2.45, 2.75) is 32.1 Å². The van der Waals surface area contributed by atoms with Crippen molar-refractivity contribution in [3.05, 3.63) is 24.3 Å². The largest absolute Gasteiger partial charge is 0.383 e. The molecule has 6 heteroatoms. The molecule has 20 heavy (non-hydrogen) atoms. The summed E-state index contributed by atoms with van der Waals surface area (Å²) < 4.78 is 24.4. The average Bonchev–Trinajstić information content (AvgIpc) is 2.36. The number of para-hydroxylation sites is 1. The summed E-state index contributed by atoms with van der Waals surface area (Å²) >= 11 is 0. The van der Waals surface area contributed by atoms with Crippen LogP contribution in [-0.2, 0) is 14.6 Å². The number of carbonyl (C=O) groups is 1. The van der Waals surface area contributed by atoms with Gasteiger partial charge in [-0.3, -0.25) is 4.79 Å². The number of primary amides is 1. The standard InChI is InChI=1S/C14H22N2O3S/c1-4-9-20(18,19)12-8-6-5-7-11(12)16-10-14(2,3)13(15)17/h5-8,16H,4,9-10H2,1-3H3,(H2,15,17). The number of carbonyl (C=O) groups excluding carboxylic acids is 1. The Hall–Kier alpha value is -1.56.